The number of hydrogen-bond acceptors (Lipinski definition) is 4. The lowest BCUT2D eigenvalue weighted by Gasteiger charge is -2.27. The van der Waals surface area contributed by atoms with Crippen LogP contribution < -0.4 is 10.0 Å². The molecule has 0 spiro atoms. The van der Waals surface area contributed by atoms with E-state index in [1.165, 1.54) is 38.3 Å². The number of carbonyl (C=O) groups is 1. The van der Waals surface area contributed by atoms with Crippen LogP contribution in [-0.2, 0) is 27.9 Å². The molecule has 0 atom stereocenters. The van der Waals surface area contributed by atoms with Crippen LogP contribution in [0.15, 0.2) is 53.4 Å². The van der Waals surface area contributed by atoms with E-state index < -0.39 is 10.0 Å². The van der Waals surface area contributed by atoms with Gasteiger partial charge < -0.3 is 5.32 Å². The van der Waals surface area contributed by atoms with E-state index in [1.54, 1.807) is 12.1 Å². The van der Waals surface area contributed by atoms with Crippen molar-refractivity contribution >= 4 is 21.6 Å². The zero-order valence-corrected chi connectivity index (χ0v) is 17.0. The summed E-state index contributed by atoms with van der Waals surface area (Å²) in [4.78, 5) is 13.7. The van der Waals surface area contributed by atoms with Crippen molar-refractivity contribution in [1.82, 2.24) is 9.62 Å². The van der Waals surface area contributed by atoms with Gasteiger partial charge in [-0.3, -0.25) is 9.69 Å². The molecule has 1 amide bonds. The maximum Gasteiger partial charge on any atom is 0.240 e. The summed E-state index contributed by atoms with van der Waals surface area (Å²) < 4.78 is 28.0. The Bertz CT molecular complexity index is 905. The molecule has 3 rings (SSSR count). The fourth-order valence-corrected chi connectivity index (χ4v) is 4.43. The number of piperidine rings is 1. The molecule has 2 N–H and O–H groups in total. The Morgan fingerprint density at radius 3 is 2.25 bits per heavy atom. The van der Waals surface area contributed by atoms with E-state index in [9.17, 15) is 13.2 Å². The highest BCUT2D eigenvalue weighted by molar-refractivity contribution is 7.89. The first-order chi connectivity index (χ1) is 13.4. The standard InChI is InChI=1S/C21H27N3O3S/c1-17(25)23-20-9-11-21(12-10-20)28(26,27)22-15-18-7-3-4-8-19(18)16-24-13-5-2-6-14-24/h3-4,7-12,22H,2,5-6,13-16H2,1H3,(H,23,25). The van der Waals surface area contributed by atoms with Gasteiger partial charge in [-0.1, -0.05) is 30.7 Å². The van der Waals surface area contributed by atoms with Gasteiger partial charge in [0.2, 0.25) is 15.9 Å². The molecule has 1 fully saturated rings. The summed E-state index contributed by atoms with van der Waals surface area (Å²) in [7, 11) is -3.63. The van der Waals surface area contributed by atoms with Crippen LogP contribution in [0, 0.1) is 0 Å². The fourth-order valence-electron chi connectivity index (χ4n) is 3.42. The highest BCUT2D eigenvalue weighted by Crippen LogP contribution is 2.18. The molecule has 2 aromatic rings. The predicted molar refractivity (Wildman–Crippen MR) is 110 cm³/mol. The summed E-state index contributed by atoms with van der Waals surface area (Å²) >= 11 is 0. The monoisotopic (exact) mass is 401 g/mol. The first-order valence-corrected chi connectivity index (χ1v) is 11.1. The lowest BCUT2D eigenvalue weighted by Crippen LogP contribution is -2.30. The number of amides is 1. The fraction of sp³-hybridized carbons (Fsp3) is 0.381. The summed E-state index contributed by atoms with van der Waals surface area (Å²) in [5.74, 6) is -0.195. The van der Waals surface area contributed by atoms with Crippen molar-refractivity contribution in [1.29, 1.82) is 0 Å². The SMILES string of the molecule is CC(=O)Nc1ccc(S(=O)(=O)NCc2ccccc2CN2CCCCC2)cc1. The van der Waals surface area contributed by atoms with Crippen LogP contribution in [0.1, 0.15) is 37.3 Å². The number of carbonyl (C=O) groups excluding carboxylic acids is 1. The highest BCUT2D eigenvalue weighted by Gasteiger charge is 2.16. The van der Waals surface area contributed by atoms with Crippen molar-refractivity contribution < 1.29 is 13.2 Å². The van der Waals surface area contributed by atoms with Crippen molar-refractivity contribution in [2.24, 2.45) is 0 Å². The van der Waals surface area contributed by atoms with Crippen molar-refractivity contribution in [3.8, 4) is 0 Å². The highest BCUT2D eigenvalue weighted by atomic mass is 32.2. The van der Waals surface area contributed by atoms with Crippen LogP contribution >= 0.6 is 0 Å². The Balaban J connectivity index is 1.66. The third-order valence-electron chi connectivity index (χ3n) is 4.90. The van der Waals surface area contributed by atoms with Crippen molar-refractivity contribution in [3.63, 3.8) is 0 Å². The Labute approximate surface area is 167 Å². The molecule has 0 unspecified atom stereocenters. The van der Waals surface area contributed by atoms with E-state index in [0.717, 1.165) is 30.8 Å². The minimum atomic E-state index is -3.63. The van der Waals surface area contributed by atoms with Gasteiger partial charge in [0, 0.05) is 25.7 Å². The van der Waals surface area contributed by atoms with Gasteiger partial charge >= 0.3 is 0 Å². The Morgan fingerprint density at radius 2 is 1.61 bits per heavy atom. The quantitative estimate of drug-likeness (QED) is 0.747. The van der Waals surface area contributed by atoms with Gasteiger partial charge in [-0.25, -0.2) is 13.1 Å². The van der Waals surface area contributed by atoms with Crippen molar-refractivity contribution in [2.45, 2.75) is 44.2 Å². The van der Waals surface area contributed by atoms with Gasteiger partial charge in [-0.15, -0.1) is 0 Å². The normalized spacial score (nSPS) is 15.3. The van der Waals surface area contributed by atoms with E-state index in [0.29, 0.717) is 5.69 Å². The molecular formula is C21H27N3O3S. The molecule has 6 nitrogen and oxygen atoms in total. The lowest BCUT2D eigenvalue weighted by molar-refractivity contribution is -0.114. The van der Waals surface area contributed by atoms with Gasteiger partial charge in [0.05, 0.1) is 4.90 Å². The molecule has 1 aliphatic heterocycles. The molecule has 1 heterocycles. The maximum absolute atomic E-state index is 12.6. The minimum Gasteiger partial charge on any atom is -0.326 e. The first-order valence-electron chi connectivity index (χ1n) is 9.60. The molecule has 0 bridgehead atoms. The number of benzene rings is 2. The van der Waals surface area contributed by atoms with E-state index in [1.807, 2.05) is 18.2 Å². The number of hydrogen-bond donors (Lipinski definition) is 2. The van der Waals surface area contributed by atoms with Crippen LogP contribution in [0.5, 0.6) is 0 Å². The molecular weight excluding hydrogens is 374 g/mol. The van der Waals surface area contributed by atoms with Gasteiger partial charge in [-0.2, -0.15) is 0 Å². The molecule has 0 radical (unpaired) electrons. The second kappa shape index (κ2) is 9.32. The number of anilines is 1. The van der Waals surface area contributed by atoms with E-state index in [2.05, 4.69) is 21.0 Å². The van der Waals surface area contributed by atoms with Crippen LogP contribution in [0.3, 0.4) is 0 Å². The Kier molecular flexibility index (Phi) is 6.83. The summed E-state index contributed by atoms with van der Waals surface area (Å²) in [5, 5.41) is 2.63. The second-order valence-electron chi connectivity index (χ2n) is 7.14. The molecule has 0 saturated carbocycles. The average Bonchev–Trinajstić information content (AvgIpc) is 2.68. The smallest absolute Gasteiger partial charge is 0.240 e. The Hall–Kier alpha value is -2.22. The van der Waals surface area contributed by atoms with Gasteiger partial charge in [0.25, 0.3) is 0 Å². The van der Waals surface area contributed by atoms with Crippen LogP contribution in [0.4, 0.5) is 5.69 Å². The molecule has 1 aliphatic rings. The maximum atomic E-state index is 12.6. The topological polar surface area (TPSA) is 78.5 Å². The van der Waals surface area contributed by atoms with E-state index in [-0.39, 0.29) is 17.3 Å². The number of sulfonamides is 1. The zero-order chi connectivity index (χ0) is 20.0. The Morgan fingerprint density at radius 1 is 0.964 bits per heavy atom. The molecule has 2 aromatic carbocycles. The van der Waals surface area contributed by atoms with Crippen molar-refractivity contribution in [2.75, 3.05) is 18.4 Å². The summed E-state index contributed by atoms with van der Waals surface area (Å²) in [5.41, 5.74) is 2.72. The molecule has 28 heavy (non-hydrogen) atoms. The molecule has 150 valence electrons. The summed E-state index contributed by atoms with van der Waals surface area (Å²) in [6.45, 7) is 4.71. The van der Waals surface area contributed by atoms with Gasteiger partial charge in [0.15, 0.2) is 0 Å². The summed E-state index contributed by atoms with van der Waals surface area (Å²) in [6, 6.07) is 14.1. The molecule has 0 aromatic heterocycles. The van der Waals surface area contributed by atoms with Crippen LogP contribution in [-0.4, -0.2) is 32.3 Å². The minimum absolute atomic E-state index is 0.176. The van der Waals surface area contributed by atoms with Crippen LogP contribution in [0.25, 0.3) is 0 Å². The third kappa shape index (κ3) is 5.64. The first kappa shape index (κ1) is 20.5. The van der Waals surface area contributed by atoms with Crippen molar-refractivity contribution in [3.05, 3.63) is 59.7 Å². The number of nitrogens with one attached hydrogen (secondary N) is 2. The molecule has 7 heteroatoms. The number of nitrogens with zero attached hydrogens (tertiary/aromatic N) is 1. The van der Waals surface area contributed by atoms with Crippen LogP contribution in [0.2, 0.25) is 0 Å². The van der Waals surface area contributed by atoms with E-state index >= 15 is 0 Å². The molecule has 1 saturated heterocycles. The lowest BCUT2D eigenvalue weighted by atomic mass is 10.1. The van der Waals surface area contributed by atoms with Gasteiger partial charge in [-0.05, 0) is 61.3 Å². The molecule has 0 aliphatic carbocycles. The largest absolute Gasteiger partial charge is 0.326 e. The number of likely N-dealkylation sites (tertiary alicyclic amines) is 1. The summed E-state index contributed by atoms with van der Waals surface area (Å²) in [6.07, 6.45) is 3.74. The zero-order valence-electron chi connectivity index (χ0n) is 16.1. The third-order valence-corrected chi connectivity index (χ3v) is 6.32. The predicted octanol–water partition coefficient (Wildman–Crippen LogP) is 3.11. The van der Waals surface area contributed by atoms with E-state index in [4.69, 9.17) is 0 Å². The number of rotatable bonds is 7. The second-order valence-corrected chi connectivity index (χ2v) is 8.90. The van der Waals surface area contributed by atoms with Gasteiger partial charge in [0.1, 0.15) is 0 Å². The average molecular weight is 402 g/mol.